The van der Waals surface area contributed by atoms with Crippen LogP contribution in [0.4, 0.5) is 4.39 Å². The van der Waals surface area contributed by atoms with E-state index in [0.717, 1.165) is 0 Å². The molecular formula is C18H15Cl2FN2O3. The number of ether oxygens (including phenoxy) is 1. The zero-order chi connectivity index (χ0) is 18.7. The SMILES string of the molecule is O=C(NCCN1Cc2cc(F)ccc2OCC1=O)c1cccc(Cl)c1Cl. The molecule has 1 heterocycles. The van der Waals surface area contributed by atoms with E-state index in [0.29, 0.717) is 11.3 Å². The van der Waals surface area contributed by atoms with E-state index >= 15 is 0 Å². The summed E-state index contributed by atoms with van der Waals surface area (Å²) in [6.07, 6.45) is 0. The van der Waals surface area contributed by atoms with Gasteiger partial charge in [-0.05, 0) is 30.3 Å². The lowest BCUT2D eigenvalue weighted by atomic mass is 10.2. The predicted molar refractivity (Wildman–Crippen MR) is 96.1 cm³/mol. The van der Waals surface area contributed by atoms with Crippen molar-refractivity contribution in [2.45, 2.75) is 6.54 Å². The second kappa shape index (κ2) is 7.93. The molecule has 136 valence electrons. The summed E-state index contributed by atoms with van der Waals surface area (Å²) in [5.41, 5.74) is 0.845. The molecule has 0 aromatic heterocycles. The van der Waals surface area contributed by atoms with E-state index in [2.05, 4.69) is 5.32 Å². The summed E-state index contributed by atoms with van der Waals surface area (Å²) in [4.78, 5) is 25.9. The number of carbonyl (C=O) groups excluding carboxylic acids is 2. The summed E-state index contributed by atoms with van der Waals surface area (Å²) in [7, 11) is 0. The molecule has 0 atom stereocenters. The highest BCUT2D eigenvalue weighted by Crippen LogP contribution is 2.26. The van der Waals surface area contributed by atoms with Crippen LogP contribution in [-0.2, 0) is 11.3 Å². The van der Waals surface area contributed by atoms with Crippen LogP contribution in [0.15, 0.2) is 36.4 Å². The van der Waals surface area contributed by atoms with E-state index in [1.807, 2.05) is 0 Å². The molecule has 0 fully saturated rings. The van der Waals surface area contributed by atoms with Gasteiger partial charge in [-0.1, -0.05) is 29.3 Å². The third-order valence-corrected chi connectivity index (χ3v) is 4.77. The van der Waals surface area contributed by atoms with Crippen LogP contribution >= 0.6 is 23.2 Å². The van der Waals surface area contributed by atoms with Gasteiger partial charge in [0.25, 0.3) is 11.8 Å². The molecule has 8 heteroatoms. The van der Waals surface area contributed by atoms with E-state index in [1.165, 1.54) is 23.1 Å². The fraction of sp³-hybridized carbons (Fsp3) is 0.222. The summed E-state index contributed by atoms with van der Waals surface area (Å²) in [5, 5.41) is 3.17. The van der Waals surface area contributed by atoms with Crippen LogP contribution in [0, 0.1) is 5.82 Å². The average Bonchev–Trinajstić information content (AvgIpc) is 2.76. The Balaban J connectivity index is 1.62. The first-order chi connectivity index (χ1) is 12.5. The summed E-state index contributed by atoms with van der Waals surface area (Å²) < 4.78 is 18.8. The maximum absolute atomic E-state index is 13.4. The Morgan fingerprint density at radius 3 is 2.88 bits per heavy atom. The smallest absolute Gasteiger partial charge is 0.260 e. The molecule has 2 amide bonds. The predicted octanol–water partition coefficient (Wildman–Crippen LogP) is 3.28. The van der Waals surface area contributed by atoms with Crippen molar-refractivity contribution in [2.24, 2.45) is 0 Å². The summed E-state index contributed by atoms with van der Waals surface area (Å²) in [6, 6.07) is 8.91. The van der Waals surface area contributed by atoms with Crippen molar-refractivity contribution in [1.29, 1.82) is 0 Å². The quantitative estimate of drug-likeness (QED) is 0.862. The molecule has 1 aliphatic rings. The van der Waals surface area contributed by atoms with Crippen molar-refractivity contribution in [2.75, 3.05) is 19.7 Å². The minimum absolute atomic E-state index is 0.132. The number of carbonyl (C=O) groups is 2. The number of hydrogen-bond donors (Lipinski definition) is 1. The van der Waals surface area contributed by atoms with E-state index in [-0.39, 0.29) is 53.7 Å². The molecule has 0 spiro atoms. The molecule has 1 N–H and O–H groups in total. The lowest BCUT2D eigenvalue weighted by molar-refractivity contribution is -0.133. The highest BCUT2D eigenvalue weighted by atomic mass is 35.5. The highest BCUT2D eigenvalue weighted by molar-refractivity contribution is 6.43. The van der Waals surface area contributed by atoms with Crippen molar-refractivity contribution >= 4 is 35.0 Å². The fourth-order valence-corrected chi connectivity index (χ4v) is 3.01. The minimum atomic E-state index is -0.398. The Hall–Kier alpha value is -2.31. The Labute approximate surface area is 159 Å². The largest absolute Gasteiger partial charge is 0.483 e. The van der Waals surface area contributed by atoms with Crippen LogP contribution < -0.4 is 10.1 Å². The highest BCUT2D eigenvalue weighted by Gasteiger charge is 2.22. The van der Waals surface area contributed by atoms with E-state index in [4.69, 9.17) is 27.9 Å². The average molecular weight is 397 g/mol. The molecule has 0 aliphatic carbocycles. The first-order valence-electron chi connectivity index (χ1n) is 7.87. The zero-order valence-electron chi connectivity index (χ0n) is 13.6. The lowest BCUT2D eigenvalue weighted by Crippen LogP contribution is -2.39. The maximum atomic E-state index is 13.4. The summed E-state index contributed by atoms with van der Waals surface area (Å²) in [5.74, 6) is -0.540. The monoisotopic (exact) mass is 396 g/mol. The number of fused-ring (bicyclic) bond motifs is 1. The van der Waals surface area contributed by atoms with Gasteiger partial charge in [-0.2, -0.15) is 0 Å². The molecule has 0 saturated heterocycles. The topological polar surface area (TPSA) is 58.6 Å². The molecule has 26 heavy (non-hydrogen) atoms. The Morgan fingerprint density at radius 2 is 2.08 bits per heavy atom. The van der Waals surface area contributed by atoms with E-state index in [1.54, 1.807) is 18.2 Å². The minimum Gasteiger partial charge on any atom is -0.483 e. The molecule has 1 aliphatic heterocycles. The standard InChI is InChI=1S/C18H15Cl2FN2O3/c19-14-3-1-2-13(17(14)20)18(25)22-6-7-23-9-11-8-12(21)4-5-15(11)26-10-16(23)24/h1-5,8H,6-7,9-10H2,(H,22,25). The molecular weight excluding hydrogens is 382 g/mol. The number of amides is 2. The summed E-state index contributed by atoms with van der Waals surface area (Å²) >= 11 is 11.9. The van der Waals surface area contributed by atoms with Crippen molar-refractivity contribution in [1.82, 2.24) is 10.2 Å². The molecule has 3 rings (SSSR count). The molecule has 5 nitrogen and oxygen atoms in total. The third-order valence-electron chi connectivity index (χ3n) is 3.95. The number of halogens is 3. The van der Waals surface area contributed by atoms with Crippen LogP contribution in [0.2, 0.25) is 10.0 Å². The van der Waals surface area contributed by atoms with Gasteiger partial charge in [0.2, 0.25) is 0 Å². The number of nitrogens with one attached hydrogen (secondary N) is 1. The molecule has 0 unspecified atom stereocenters. The maximum Gasteiger partial charge on any atom is 0.260 e. The van der Waals surface area contributed by atoms with Crippen molar-refractivity contribution < 1.29 is 18.7 Å². The van der Waals surface area contributed by atoms with Crippen molar-refractivity contribution in [3.8, 4) is 5.75 Å². The number of rotatable bonds is 4. The number of hydrogen-bond acceptors (Lipinski definition) is 3. The number of nitrogens with zero attached hydrogens (tertiary/aromatic N) is 1. The second-order valence-electron chi connectivity index (χ2n) is 5.71. The van der Waals surface area contributed by atoms with Gasteiger partial charge in [-0.25, -0.2) is 4.39 Å². The first-order valence-corrected chi connectivity index (χ1v) is 8.62. The molecule has 2 aromatic rings. The van der Waals surface area contributed by atoms with Gasteiger partial charge >= 0.3 is 0 Å². The van der Waals surface area contributed by atoms with E-state index in [9.17, 15) is 14.0 Å². The fourth-order valence-electron chi connectivity index (χ4n) is 2.62. The molecule has 0 saturated carbocycles. The van der Waals surface area contributed by atoms with Crippen molar-refractivity contribution in [3.05, 3.63) is 63.4 Å². The molecule has 2 aromatic carbocycles. The Kier molecular flexibility index (Phi) is 5.64. The van der Waals surface area contributed by atoms with Gasteiger partial charge in [0.05, 0.1) is 15.6 Å². The van der Waals surface area contributed by atoms with Crippen molar-refractivity contribution in [3.63, 3.8) is 0 Å². The van der Waals surface area contributed by atoms with Gasteiger partial charge < -0.3 is 15.0 Å². The van der Waals surface area contributed by atoms with Crippen LogP contribution in [0.25, 0.3) is 0 Å². The van der Waals surface area contributed by atoms with Crippen LogP contribution in [0.5, 0.6) is 5.75 Å². The molecule has 0 bridgehead atoms. The Morgan fingerprint density at radius 1 is 1.27 bits per heavy atom. The lowest BCUT2D eigenvalue weighted by Gasteiger charge is -2.20. The number of benzene rings is 2. The third kappa shape index (κ3) is 4.08. The molecule has 0 radical (unpaired) electrons. The van der Waals surface area contributed by atoms with Gasteiger partial charge in [0.1, 0.15) is 11.6 Å². The van der Waals surface area contributed by atoms with Crippen LogP contribution in [-0.4, -0.2) is 36.4 Å². The van der Waals surface area contributed by atoms with Gasteiger partial charge in [0.15, 0.2) is 6.61 Å². The zero-order valence-corrected chi connectivity index (χ0v) is 15.1. The Bertz CT molecular complexity index is 860. The van der Waals surface area contributed by atoms with Gasteiger partial charge in [-0.15, -0.1) is 0 Å². The van der Waals surface area contributed by atoms with Crippen LogP contribution in [0.3, 0.4) is 0 Å². The van der Waals surface area contributed by atoms with Gasteiger partial charge in [-0.3, -0.25) is 9.59 Å². The summed E-state index contributed by atoms with van der Waals surface area (Å²) in [6.45, 7) is 0.534. The van der Waals surface area contributed by atoms with E-state index < -0.39 is 5.82 Å². The van der Waals surface area contributed by atoms with Crippen LogP contribution in [0.1, 0.15) is 15.9 Å². The first kappa shape index (κ1) is 18.5. The van der Waals surface area contributed by atoms with Gasteiger partial charge in [0, 0.05) is 25.2 Å². The normalized spacial score (nSPS) is 13.7. The second-order valence-corrected chi connectivity index (χ2v) is 6.50.